The quantitative estimate of drug-likeness (QED) is 0.837. The van der Waals surface area contributed by atoms with Crippen LogP contribution in [0.1, 0.15) is 59.8 Å². The molecule has 0 amide bonds. The smallest absolute Gasteiger partial charge is 0.0244 e. The van der Waals surface area contributed by atoms with Gasteiger partial charge in [-0.2, -0.15) is 0 Å². The zero-order valence-electron chi connectivity index (χ0n) is 13.5. The zero-order chi connectivity index (χ0) is 13.8. The van der Waals surface area contributed by atoms with Crippen LogP contribution in [-0.4, -0.2) is 36.6 Å². The molecule has 2 aliphatic rings. The normalized spacial score (nSPS) is 37.7. The number of rotatable bonds is 4. The van der Waals surface area contributed by atoms with E-state index in [9.17, 15) is 0 Å². The fraction of sp³-hybridized carbons (Fsp3) is 1.00. The summed E-state index contributed by atoms with van der Waals surface area (Å²) in [6.45, 7) is 13.2. The monoisotopic (exact) mass is 266 g/mol. The molecule has 1 saturated heterocycles. The van der Waals surface area contributed by atoms with Gasteiger partial charge in [-0.05, 0) is 37.5 Å². The van der Waals surface area contributed by atoms with Crippen LogP contribution < -0.4 is 5.32 Å². The van der Waals surface area contributed by atoms with Crippen molar-refractivity contribution in [2.75, 3.05) is 19.6 Å². The molecule has 2 nitrogen and oxygen atoms in total. The number of nitrogens with zero attached hydrogens (tertiary/aromatic N) is 1. The Kier molecular flexibility index (Phi) is 5.70. The van der Waals surface area contributed by atoms with Crippen LogP contribution in [0.3, 0.4) is 0 Å². The average Bonchev–Trinajstić information content (AvgIpc) is 2.39. The van der Waals surface area contributed by atoms with E-state index in [0.717, 1.165) is 23.8 Å². The molecule has 2 unspecified atom stereocenters. The van der Waals surface area contributed by atoms with Gasteiger partial charge in [-0.25, -0.2) is 0 Å². The second kappa shape index (κ2) is 7.08. The first kappa shape index (κ1) is 15.3. The first-order valence-corrected chi connectivity index (χ1v) is 8.57. The Bertz CT molecular complexity index is 256. The maximum atomic E-state index is 3.66. The lowest BCUT2D eigenvalue weighted by atomic mass is 9.80. The summed E-state index contributed by atoms with van der Waals surface area (Å²) in [5.74, 6) is 2.76. The van der Waals surface area contributed by atoms with E-state index >= 15 is 0 Å². The van der Waals surface area contributed by atoms with Gasteiger partial charge in [0.2, 0.25) is 0 Å². The molecule has 2 rings (SSSR count). The van der Waals surface area contributed by atoms with Crippen molar-refractivity contribution in [3.63, 3.8) is 0 Å². The minimum atomic E-state index is 0.669. The Hall–Kier alpha value is -0.0800. The Morgan fingerprint density at radius 3 is 2.32 bits per heavy atom. The van der Waals surface area contributed by atoms with Gasteiger partial charge in [0, 0.05) is 31.7 Å². The van der Waals surface area contributed by atoms with Crippen molar-refractivity contribution in [2.24, 2.45) is 17.8 Å². The Balaban J connectivity index is 1.85. The van der Waals surface area contributed by atoms with Crippen molar-refractivity contribution in [3.8, 4) is 0 Å². The molecule has 0 aromatic carbocycles. The molecule has 0 bridgehead atoms. The van der Waals surface area contributed by atoms with Crippen LogP contribution in [0.5, 0.6) is 0 Å². The van der Waals surface area contributed by atoms with Gasteiger partial charge >= 0.3 is 0 Å². The second-order valence-corrected chi connectivity index (χ2v) is 7.37. The van der Waals surface area contributed by atoms with E-state index < -0.39 is 0 Å². The highest BCUT2D eigenvalue weighted by atomic mass is 15.2. The van der Waals surface area contributed by atoms with Gasteiger partial charge in [0.25, 0.3) is 0 Å². The molecule has 1 saturated carbocycles. The van der Waals surface area contributed by atoms with Crippen molar-refractivity contribution >= 4 is 0 Å². The third kappa shape index (κ3) is 4.19. The van der Waals surface area contributed by atoms with Gasteiger partial charge in [-0.3, -0.25) is 4.90 Å². The van der Waals surface area contributed by atoms with Crippen LogP contribution >= 0.6 is 0 Å². The van der Waals surface area contributed by atoms with E-state index in [2.05, 4.69) is 37.9 Å². The summed E-state index contributed by atoms with van der Waals surface area (Å²) in [7, 11) is 0. The summed E-state index contributed by atoms with van der Waals surface area (Å²) in [5, 5.41) is 3.66. The van der Waals surface area contributed by atoms with Gasteiger partial charge in [-0.1, -0.05) is 40.0 Å². The molecule has 0 radical (unpaired) electrons. The minimum absolute atomic E-state index is 0.669. The predicted octanol–water partition coefficient (Wildman–Crippen LogP) is 3.52. The second-order valence-electron chi connectivity index (χ2n) is 7.37. The van der Waals surface area contributed by atoms with E-state index in [0.29, 0.717) is 6.04 Å². The Morgan fingerprint density at radius 2 is 1.74 bits per heavy atom. The van der Waals surface area contributed by atoms with E-state index in [1.807, 2.05) is 0 Å². The Morgan fingerprint density at radius 1 is 1.11 bits per heavy atom. The topological polar surface area (TPSA) is 15.3 Å². The lowest BCUT2D eigenvalue weighted by Gasteiger charge is -2.44. The van der Waals surface area contributed by atoms with Crippen molar-refractivity contribution in [2.45, 2.75) is 71.9 Å². The molecule has 2 heteroatoms. The predicted molar refractivity (Wildman–Crippen MR) is 83.4 cm³/mol. The summed E-state index contributed by atoms with van der Waals surface area (Å²) in [4.78, 5) is 2.79. The lowest BCUT2D eigenvalue weighted by molar-refractivity contribution is 0.0731. The highest BCUT2D eigenvalue weighted by Crippen LogP contribution is 2.32. The molecule has 0 aromatic heterocycles. The minimum Gasteiger partial charge on any atom is -0.311 e. The van der Waals surface area contributed by atoms with Gasteiger partial charge in [0.1, 0.15) is 0 Å². The summed E-state index contributed by atoms with van der Waals surface area (Å²) in [6, 6.07) is 1.42. The molecule has 2 fully saturated rings. The van der Waals surface area contributed by atoms with E-state index in [1.54, 1.807) is 0 Å². The SMILES string of the molecule is CCC1CCC(CN2CC(C)NCC2C(C)C)CC1. The molecule has 112 valence electrons. The third-order valence-corrected chi connectivity index (χ3v) is 5.46. The molecule has 2 atom stereocenters. The van der Waals surface area contributed by atoms with Gasteiger partial charge in [0.15, 0.2) is 0 Å². The molecule has 0 spiro atoms. The highest BCUT2D eigenvalue weighted by Gasteiger charge is 2.30. The Labute approximate surface area is 120 Å². The average molecular weight is 266 g/mol. The van der Waals surface area contributed by atoms with Gasteiger partial charge in [-0.15, -0.1) is 0 Å². The van der Waals surface area contributed by atoms with Gasteiger partial charge < -0.3 is 5.32 Å². The molecular formula is C17H34N2. The number of piperazine rings is 1. The van der Waals surface area contributed by atoms with Crippen LogP contribution in [0.25, 0.3) is 0 Å². The number of hydrogen-bond donors (Lipinski definition) is 1. The largest absolute Gasteiger partial charge is 0.311 e. The van der Waals surface area contributed by atoms with Crippen molar-refractivity contribution in [3.05, 3.63) is 0 Å². The van der Waals surface area contributed by atoms with Gasteiger partial charge in [0.05, 0.1) is 0 Å². The van der Waals surface area contributed by atoms with E-state index in [1.165, 1.54) is 51.7 Å². The first-order valence-electron chi connectivity index (χ1n) is 8.57. The fourth-order valence-corrected chi connectivity index (χ4v) is 4.02. The maximum absolute atomic E-state index is 3.66. The maximum Gasteiger partial charge on any atom is 0.0244 e. The molecule has 1 aliphatic heterocycles. The van der Waals surface area contributed by atoms with Crippen LogP contribution in [0, 0.1) is 17.8 Å². The van der Waals surface area contributed by atoms with Crippen LogP contribution in [0.4, 0.5) is 0 Å². The molecule has 1 heterocycles. The third-order valence-electron chi connectivity index (χ3n) is 5.46. The molecule has 1 aliphatic carbocycles. The summed E-state index contributed by atoms with van der Waals surface area (Å²) >= 11 is 0. The molecule has 1 N–H and O–H groups in total. The first-order chi connectivity index (χ1) is 9.10. The van der Waals surface area contributed by atoms with E-state index in [4.69, 9.17) is 0 Å². The summed E-state index contributed by atoms with van der Waals surface area (Å²) in [6.07, 6.45) is 7.31. The van der Waals surface area contributed by atoms with Crippen molar-refractivity contribution in [1.29, 1.82) is 0 Å². The van der Waals surface area contributed by atoms with Crippen molar-refractivity contribution < 1.29 is 0 Å². The van der Waals surface area contributed by atoms with Crippen LogP contribution in [-0.2, 0) is 0 Å². The summed E-state index contributed by atoms with van der Waals surface area (Å²) in [5.41, 5.74) is 0. The van der Waals surface area contributed by atoms with Crippen LogP contribution in [0.15, 0.2) is 0 Å². The lowest BCUT2D eigenvalue weighted by Crippen LogP contribution is -2.58. The standard InChI is InChI=1S/C17H34N2/c1-5-15-6-8-16(9-7-15)12-19-11-14(4)18-10-17(19)13(2)3/h13-18H,5-12H2,1-4H3. The van der Waals surface area contributed by atoms with Crippen LogP contribution in [0.2, 0.25) is 0 Å². The number of nitrogens with one attached hydrogen (secondary N) is 1. The van der Waals surface area contributed by atoms with E-state index in [-0.39, 0.29) is 0 Å². The highest BCUT2D eigenvalue weighted by molar-refractivity contribution is 4.87. The zero-order valence-corrected chi connectivity index (χ0v) is 13.5. The fourth-order valence-electron chi connectivity index (χ4n) is 4.02. The molecule has 19 heavy (non-hydrogen) atoms. The van der Waals surface area contributed by atoms with Crippen molar-refractivity contribution in [1.82, 2.24) is 10.2 Å². The molecule has 0 aromatic rings. The summed E-state index contributed by atoms with van der Waals surface area (Å²) < 4.78 is 0. The molecular weight excluding hydrogens is 232 g/mol. The number of hydrogen-bond acceptors (Lipinski definition) is 2.